The SMILES string of the molecule is COCCOCCOCCOc1ccc(-c2c3ccc(C)cc3c(-c3ccc(OCCOCCOCCOC)c(C[N+](C)(C)C)c3)c3ccc(C)cc23)cc1C. The van der Waals surface area contributed by atoms with Crippen LogP contribution in [0.2, 0.25) is 0 Å². The van der Waals surface area contributed by atoms with Crippen molar-refractivity contribution in [3.8, 4) is 33.8 Å². The van der Waals surface area contributed by atoms with Gasteiger partial charge in [0, 0.05) is 19.8 Å². The van der Waals surface area contributed by atoms with Gasteiger partial charge in [0.05, 0.1) is 87.2 Å². The number of rotatable bonds is 24. The number of hydrogen-bond donors (Lipinski definition) is 0. The van der Waals surface area contributed by atoms with Crippen LogP contribution in [0.15, 0.2) is 72.8 Å². The summed E-state index contributed by atoms with van der Waals surface area (Å²) in [5.74, 6) is 1.74. The predicted octanol–water partition coefficient (Wildman–Crippen LogP) is 8.58. The van der Waals surface area contributed by atoms with E-state index in [1.165, 1.54) is 49.4 Å². The minimum absolute atomic E-state index is 0.461. The molecule has 5 aromatic rings. The number of hydrogen-bond acceptors (Lipinski definition) is 8. The molecule has 0 aliphatic carbocycles. The maximum Gasteiger partial charge on any atom is 0.128 e. The molecule has 0 saturated carbocycles. The van der Waals surface area contributed by atoms with Gasteiger partial charge in [0.1, 0.15) is 31.3 Å². The number of nitrogens with zero attached hydrogens (tertiary/aromatic N) is 1. The van der Waals surface area contributed by atoms with E-state index in [4.69, 9.17) is 37.9 Å². The Morgan fingerprint density at radius 3 is 1.32 bits per heavy atom. The zero-order valence-corrected chi connectivity index (χ0v) is 34.8. The molecule has 9 heteroatoms. The molecule has 56 heavy (non-hydrogen) atoms. The molecule has 0 N–H and O–H groups in total. The van der Waals surface area contributed by atoms with Crippen molar-refractivity contribution in [2.75, 3.05) is 115 Å². The molecule has 5 rings (SSSR count). The molecule has 0 fully saturated rings. The minimum atomic E-state index is 0.461. The first-order valence-electron chi connectivity index (χ1n) is 19.7. The molecule has 0 amide bonds. The lowest BCUT2D eigenvalue weighted by Gasteiger charge is -2.26. The first-order valence-corrected chi connectivity index (χ1v) is 19.7. The number of ether oxygens (including phenoxy) is 8. The third kappa shape index (κ3) is 12.2. The first-order chi connectivity index (χ1) is 27.1. The number of aryl methyl sites for hydroxylation is 3. The van der Waals surface area contributed by atoms with Crippen LogP contribution in [0.4, 0.5) is 0 Å². The van der Waals surface area contributed by atoms with E-state index in [0.717, 1.165) is 39.2 Å². The average Bonchev–Trinajstić information content (AvgIpc) is 3.16. The Morgan fingerprint density at radius 2 is 0.857 bits per heavy atom. The standard InChI is InChI=1S/C47H62NO8/c1-34-10-14-41-42(29-34)46(37-11-15-44(36(3)31-37)55-27-25-53-23-21-51-19-17-49-7)40-13-9-35(2)30-43(40)47(41)38-12-16-45(39(32-38)33-48(4,5)6)56-28-26-54-24-22-52-20-18-50-8/h9-16,29-32H,17-28,33H2,1-8H3/q+1. The molecule has 0 spiro atoms. The van der Waals surface area contributed by atoms with E-state index in [9.17, 15) is 0 Å². The second-order valence-electron chi connectivity index (χ2n) is 15.2. The van der Waals surface area contributed by atoms with E-state index in [0.29, 0.717) is 79.3 Å². The molecule has 0 aromatic heterocycles. The quantitative estimate of drug-likeness (QED) is 0.0352. The molecule has 0 unspecified atom stereocenters. The summed E-state index contributed by atoms with van der Waals surface area (Å²) in [7, 11) is 9.97. The molecule has 9 nitrogen and oxygen atoms in total. The fourth-order valence-electron chi connectivity index (χ4n) is 6.90. The number of benzene rings is 5. The molecular weight excluding hydrogens is 707 g/mol. The van der Waals surface area contributed by atoms with Crippen molar-refractivity contribution >= 4 is 21.5 Å². The highest BCUT2D eigenvalue weighted by Crippen LogP contribution is 2.45. The summed E-state index contributed by atoms with van der Waals surface area (Å²) in [5, 5.41) is 4.89. The largest absolute Gasteiger partial charge is 0.491 e. The summed E-state index contributed by atoms with van der Waals surface area (Å²) >= 11 is 0. The van der Waals surface area contributed by atoms with Gasteiger partial charge in [-0.3, -0.25) is 0 Å². The summed E-state index contributed by atoms with van der Waals surface area (Å²) in [5.41, 5.74) is 9.47. The van der Waals surface area contributed by atoms with E-state index >= 15 is 0 Å². The third-order valence-corrected chi connectivity index (χ3v) is 9.46. The fourth-order valence-corrected chi connectivity index (χ4v) is 6.90. The molecule has 0 radical (unpaired) electrons. The van der Waals surface area contributed by atoms with Crippen LogP contribution in [0.5, 0.6) is 11.5 Å². The summed E-state index contributed by atoms with van der Waals surface area (Å²) in [4.78, 5) is 0. The highest BCUT2D eigenvalue weighted by Gasteiger charge is 2.21. The van der Waals surface area contributed by atoms with Gasteiger partial charge >= 0.3 is 0 Å². The van der Waals surface area contributed by atoms with Crippen molar-refractivity contribution in [3.05, 3.63) is 95.1 Å². The van der Waals surface area contributed by atoms with Gasteiger partial charge in [-0.05, 0) is 94.4 Å². The molecule has 0 atom stereocenters. The summed E-state index contributed by atoms with van der Waals surface area (Å²) < 4.78 is 45.8. The summed E-state index contributed by atoms with van der Waals surface area (Å²) in [6.07, 6.45) is 0. The van der Waals surface area contributed by atoms with Crippen LogP contribution in [0.1, 0.15) is 22.3 Å². The monoisotopic (exact) mass is 768 g/mol. The van der Waals surface area contributed by atoms with Crippen molar-refractivity contribution in [1.29, 1.82) is 0 Å². The van der Waals surface area contributed by atoms with Gasteiger partial charge in [-0.25, -0.2) is 0 Å². The van der Waals surface area contributed by atoms with Crippen LogP contribution < -0.4 is 9.47 Å². The number of methoxy groups -OCH3 is 2. The predicted molar refractivity (Wildman–Crippen MR) is 226 cm³/mol. The Labute approximate surface area is 333 Å². The maximum atomic E-state index is 6.36. The van der Waals surface area contributed by atoms with Crippen LogP contribution in [0, 0.1) is 20.8 Å². The van der Waals surface area contributed by atoms with E-state index in [-0.39, 0.29) is 0 Å². The zero-order chi connectivity index (χ0) is 39.9. The molecule has 302 valence electrons. The molecule has 0 aliphatic heterocycles. The van der Waals surface area contributed by atoms with Gasteiger partial charge in [-0.15, -0.1) is 0 Å². The number of fused-ring (bicyclic) bond motifs is 2. The highest BCUT2D eigenvalue weighted by molar-refractivity contribution is 6.21. The van der Waals surface area contributed by atoms with Gasteiger partial charge in [-0.2, -0.15) is 0 Å². The second-order valence-corrected chi connectivity index (χ2v) is 15.2. The molecule has 0 saturated heterocycles. The van der Waals surface area contributed by atoms with E-state index in [1.54, 1.807) is 14.2 Å². The van der Waals surface area contributed by atoms with E-state index in [1.807, 2.05) is 0 Å². The smallest absolute Gasteiger partial charge is 0.128 e. The molecule has 0 heterocycles. The van der Waals surface area contributed by atoms with Crippen LogP contribution >= 0.6 is 0 Å². The van der Waals surface area contributed by atoms with Gasteiger partial charge in [-0.1, -0.05) is 59.7 Å². The summed E-state index contributed by atoms with van der Waals surface area (Å²) in [6, 6.07) is 26.9. The van der Waals surface area contributed by atoms with E-state index in [2.05, 4.69) is 115 Å². The van der Waals surface area contributed by atoms with E-state index < -0.39 is 0 Å². The van der Waals surface area contributed by atoms with Crippen LogP contribution in [-0.2, 0) is 35.0 Å². The van der Waals surface area contributed by atoms with Gasteiger partial charge in [0.25, 0.3) is 0 Å². The number of quaternary nitrogens is 1. The molecule has 0 bridgehead atoms. The van der Waals surface area contributed by atoms with Crippen LogP contribution in [0.3, 0.4) is 0 Å². The average molecular weight is 769 g/mol. The van der Waals surface area contributed by atoms with Crippen LogP contribution in [-0.4, -0.2) is 119 Å². The Balaban J connectivity index is 1.44. The summed E-state index contributed by atoms with van der Waals surface area (Å²) in [6.45, 7) is 13.6. The van der Waals surface area contributed by atoms with Crippen molar-refractivity contribution in [2.45, 2.75) is 27.3 Å². The Kier molecular flexibility index (Phi) is 16.5. The van der Waals surface area contributed by atoms with Gasteiger partial charge < -0.3 is 42.4 Å². The third-order valence-electron chi connectivity index (χ3n) is 9.46. The Hall–Kier alpha value is -4.06. The normalized spacial score (nSPS) is 11.9. The van der Waals surface area contributed by atoms with Gasteiger partial charge in [0.2, 0.25) is 0 Å². The van der Waals surface area contributed by atoms with Crippen molar-refractivity contribution in [1.82, 2.24) is 0 Å². The fraction of sp³-hybridized carbons (Fsp3) is 0.447. The Morgan fingerprint density at radius 1 is 0.429 bits per heavy atom. The molecular formula is C47H62NO8+. The highest BCUT2D eigenvalue weighted by atomic mass is 16.6. The van der Waals surface area contributed by atoms with Crippen molar-refractivity contribution < 1.29 is 42.4 Å². The van der Waals surface area contributed by atoms with Crippen LogP contribution in [0.25, 0.3) is 43.8 Å². The van der Waals surface area contributed by atoms with Crippen molar-refractivity contribution in [3.63, 3.8) is 0 Å². The molecule has 5 aromatic carbocycles. The van der Waals surface area contributed by atoms with Crippen molar-refractivity contribution in [2.24, 2.45) is 0 Å². The first kappa shape index (κ1) is 43.1. The maximum absolute atomic E-state index is 6.36. The lowest BCUT2D eigenvalue weighted by atomic mass is 9.84. The lowest BCUT2D eigenvalue weighted by Crippen LogP contribution is -2.33. The Bertz CT molecular complexity index is 2000. The minimum Gasteiger partial charge on any atom is -0.491 e. The van der Waals surface area contributed by atoms with Gasteiger partial charge in [0.15, 0.2) is 0 Å². The molecule has 0 aliphatic rings. The second kappa shape index (κ2) is 21.5. The topological polar surface area (TPSA) is 73.8 Å². The zero-order valence-electron chi connectivity index (χ0n) is 34.8. The lowest BCUT2D eigenvalue weighted by molar-refractivity contribution is -0.884.